The van der Waals surface area contributed by atoms with Crippen molar-refractivity contribution in [1.29, 1.82) is 0 Å². The average Bonchev–Trinajstić information content (AvgIpc) is 2.74. The zero-order chi connectivity index (χ0) is 19.8. The van der Waals surface area contributed by atoms with Gasteiger partial charge in [0.15, 0.2) is 0 Å². The lowest BCUT2D eigenvalue weighted by molar-refractivity contribution is -0.117. The van der Waals surface area contributed by atoms with E-state index in [0.717, 1.165) is 17.0 Å². The summed E-state index contributed by atoms with van der Waals surface area (Å²) in [6.07, 6.45) is 0. The molecule has 0 heterocycles. The fraction of sp³-hybridized carbons (Fsp3) is 0.174. The molecular weight excluding hydrogens is 352 g/mol. The van der Waals surface area contributed by atoms with Crippen molar-refractivity contribution in [3.8, 4) is 11.5 Å². The number of hydrogen-bond donors (Lipinski definition) is 2. The highest BCUT2D eigenvalue weighted by atomic mass is 16.5. The van der Waals surface area contributed by atoms with Crippen LogP contribution in [0.3, 0.4) is 0 Å². The van der Waals surface area contributed by atoms with Gasteiger partial charge in [-0.25, -0.2) is 0 Å². The number of ether oxygens (including phenoxy) is 2. The first-order valence-electron chi connectivity index (χ1n) is 9.19. The fourth-order valence-electron chi connectivity index (χ4n) is 2.88. The molecule has 3 aromatic carbocycles. The SMILES string of the molecule is CCOc1ccccc1NC(=O)[C@H](Nc1cccc(OC)c1)c1ccccc1. The van der Waals surface area contributed by atoms with E-state index in [1.807, 2.05) is 85.8 Å². The molecule has 0 saturated heterocycles. The number of hydrogen-bond acceptors (Lipinski definition) is 4. The van der Waals surface area contributed by atoms with Gasteiger partial charge in [0, 0.05) is 11.8 Å². The zero-order valence-corrected chi connectivity index (χ0v) is 16.0. The highest BCUT2D eigenvalue weighted by molar-refractivity contribution is 5.98. The predicted octanol–water partition coefficient (Wildman–Crippen LogP) is 4.89. The highest BCUT2D eigenvalue weighted by Crippen LogP contribution is 2.27. The Hall–Kier alpha value is -3.47. The molecule has 3 rings (SSSR count). The van der Waals surface area contributed by atoms with Crippen LogP contribution < -0.4 is 20.1 Å². The van der Waals surface area contributed by atoms with Gasteiger partial charge in [0.25, 0.3) is 5.91 Å². The van der Waals surface area contributed by atoms with Crippen LogP contribution in [0.15, 0.2) is 78.9 Å². The number of methoxy groups -OCH3 is 1. The quantitative estimate of drug-likeness (QED) is 0.588. The van der Waals surface area contributed by atoms with Gasteiger partial charge in [-0.2, -0.15) is 0 Å². The van der Waals surface area contributed by atoms with E-state index in [2.05, 4.69) is 10.6 Å². The Labute approximate surface area is 165 Å². The van der Waals surface area contributed by atoms with Crippen LogP contribution >= 0.6 is 0 Å². The Morgan fingerprint density at radius 3 is 2.46 bits per heavy atom. The lowest BCUT2D eigenvalue weighted by atomic mass is 10.1. The molecule has 1 atom stereocenters. The average molecular weight is 376 g/mol. The first kappa shape index (κ1) is 19.3. The van der Waals surface area contributed by atoms with Crippen molar-refractivity contribution in [1.82, 2.24) is 0 Å². The van der Waals surface area contributed by atoms with Crippen molar-refractivity contribution in [2.45, 2.75) is 13.0 Å². The molecule has 1 amide bonds. The Morgan fingerprint density at radius 2 is 1.71 bits per heavy atom. The first-order valence-corrected chi connectivity index (χ1v) is 9.19. The molecule has 0 aromatic heterocycles. The summed E-state index contributed by atoms with van der Waals surface area (Å²) < 4.78 is 10.9. The number of benzene rings is 3. The van der Waals surface area contributed by atoms with Crippen LogP contribution in [0.2, 0.25) is 0 Å². The van der Waals surface area contributed by atoms with Crippen LogP contribution in [0.1, 0.15) is 18.5 Å². The molecule has 144 valence electrons. The van der Waals surface area contributed by atoms with E-state index < -0.39 is 6.04 Å². The first-order chi connectivity index (χ1) is 13.7. The molecular formula is C23H24N2O3. The molecule has 2 N–H and O–H groups in total. The van der Waals surface area contributed by atoms with Gasteiger partial charge in [0.05, 0.1) is 19.4 Å². The molecule has 0 bridgehead atoms. The number of nitrogens with one attached hydrogen (secondary N) is 2. The Bertz CT molecular complexity index is 912. The normalized spacial score (nSPS) is 11.4. The summed E-state index contributed by atoms with van der Waals surface area (Å²) in [7, 11) is 1.62. The van der Waals surface area contributed by atoms with Crippen molar-refractivity contribution in [2.75, 3.05) is 24.4 Å². The van der Waals surface area contributed by atoms with E-state index >= 15 is 0 Å². The summed E-state index contributed by atoms with van der Waals surface area (Å²) >= 11 is 0. The zero-order valence-electron chi connectivity index (χ0n) is 16.0. The van der Waals surface area contributed by atoms with Crippen molar-refractivity contribution in [3.05, 3.63) is 84.4 Å². The molecule has 0 aliphatic heterocycles. The van der Waals surface area contributed by atoms with Gasteiger partial charge in [-0.15, -0.1) is 0 Å². The van der Waals surface area contributed by atoms with Crippen molar-refractivity contribution < 1.29 is 14.3 Å². The van der Waals surface area contributed by atoms with Gasteiger partial charge in [0.2, 0.25) is 0 Å². The van der Waals surface area contributed by atoms with Gasteiger partial charge in [-0.1, -0.05) is 48.5 Å². The summed E-state index contributed by atoms with van der Waals surface area (Å²) in [6, 6.07) is 23.9. The molecule has 3 aromatic rings. The lowest BCUT2D eigenvalue weighted by Gasteiger charge is -2.21. The molecule has 5 nitrogen and oxygen atoms in total. The molecule has 28 heavy (non-hydrogen) atoms. The molecule has 0 spiro atoms. The number of para-hydroxylation sites is 2. The summed E-state index contributed by atoms with van der Waals surface area (Å²) in [6.45, 7) is 2.44. The van der Waals surface area contributed by atoms with Crippen LogP contribution in [0.4, 0.5) is 11.4 Å². The van der Waals surface area contributed by atoms with E-state index in [0.29, 0.717) is 18.0 Å². The maximum atomic E-state index is 13.2. The Balaban J connectivity index is 1.87. The minimum Gasteiger partial charge on any atom is -0.497 e. The fourth-order valence-corrected chi connectivity index (χ4v) is 2.88. The van der Waals surface area contributed by atoms with Crippen molar-refractivity contribution in [3.63, 3.8) is 0 Å². The second-order valence-electron chi connectivity index (χ2n) is 6.14. The predicted molar refractivity (Wildman–Crippen MR) is 112 cm³/mol. The van der Waals surface area contributed by atoms with E-state index in [-0.39, 0.29) is 5.91 Å². The second-order valence-corrected chi connectivity index (χ2v) is 6.14. The Kier molecular flexibility index (Phi) is 6.52. The largest absolute Gasteiger partial charge is 0.497 e. The summed E-state index contributed by atoms with van der Waals surface area (Å²) in [4.78, 5) is 13.2. The van der Waals surface area contributed by atoms with E-state index in [1.165, 1.54) is 0 Å². The number of rotatable bonds is 8. The van der Waals surface area contributed by atoms with Gasteiger partial charge in [0.1, 0.15) is 17.5 Å². The van der Waals surface area contributed by atoms with Crippen LogP contribution in [0.25, 0.3) is 0 Å². The summed E-state index contributed by atoms with van der Waals surface area (Å²) in [5.41, 5.74) is 2.29. The molecule has 0 radical (unpaired) electrons. The van der Waals surface area contributed by atoms with E-state index in [1.54, 1.807) is 7.11 Å². The topological polar surface area (TPSA) is 59.6 Å². The number of anilines is 2. The van der Waals surface area contributed by atoms with Crippen LogP contribution in [-0.4, -0.2) is 19.6 Å². The minimum atomic E-state index is -0.581. The minimum absolute atomic E-state index is 0.179. The molecule has 0 aliphatic rings. The number of carbonyl (C=O) groups excluding carboxylic acids is 1. The maximum Gasteiger partial charge on any atom is 0.251 e. The monoisotopic (exact) mass is 376 g/mol. The van der Waals surface area contributed by atoms with Gasteiger partial charge >= 0.3 is 0 Å². The molecule has 0 fully saturated rings. The maximum absolute atomic E-state index is 13.2. The highest BCUT2D eigenvalue weighted by Gasteiger charge is 2.22. The number of carbonyl (C=O) groups is 1. The van der Waals surface area contributed by atoms with Crippen LogP contribution in [-0.2, 0) is 4.79 Å². The standard InChI is InChI=1S/C23H24N2O3/c1-3-28-21-15-8-7-14-20(21)25-23(26)22(17-10-5-4-6-11-17)24-18-12-9-13-19(16-18)27-2/h4-16,22,24H,3H2,1-2H3,(H,25,26)/t22-/m1/s1. The van der Waals surface area contributed by atoms with Gasteiger partial charge in [-0.05, 0) is 36.8 Å². The molecule has 0 saturated carbocycles. The molecule has 5 heteroatoms. The Morgan fingerprint density at radius 1 is 0.964 bits per heavy atom. The smallest absolute Gasteiger partial charge is 0.251 e. The van der Waals surface area contributed by atoms with E-state index in [4.69, 9.17) is 9.47 Å². The molecule has 0 unspecified atom stereocenters. The van der Waals surface area contributed by atoms with Gasteiger partial charge in [-0.3, -0.25) is 4.79 Å². The van der Waals surface area contributed by atoms with Crippen LogP contribution in [0, 0.1) is 0 Å². The van der Waals surface area contributed by atoms with Gasteiger partial charge < -0.3 is 20.1 Å². The third-order valence-electron chi connectivity index (χ3n) is 4.22. The molecule has 0 aliphatic carbocycles. The van der Waals surface area contributed by atoms with Crippen molar-refractivity contribution >= 4 is 17.3 Å². The number of amides is 1. The third kappa shape index (κ3) is 4.82. The summed E-state index contributed by atoms with van der Waals surface area (Å²) in [5, 5.41) is 6.29. The van der Waals surface area contributed by atoms with E-state index in [9.17, 15) is 4.79 Å². The third-order valence-corrected chi connectivity index (χ3v) is 4.22. The van der Waals surface area contributed by atoms with Crippen molar-refractivity contribution in [2.24, 2.45) is 0 Å². The lowest BCUT2D eigenvalue weighted by Crippen LogP contribution is -2.27. The summed E-state index contributed by atoms with van der Waals surface area (Å²) in [5.74, 6) is 1.19. The van der Waals surface area contributed by atoms with Crippen LogP contribution in [0.5, 0.6) is 11.5 Å². The second kappa shape index (κ2) is 9.46.